The van der Waals surface area contributed by atoms with Crippen LogP contribution in [-0.2, 0) is 6.54 Å². The molecule has 0 atom stereocenters. The van der Waals surface area contributed by atoms with Crippen LogP contribution >= 0.6 is 22.6 Å². The third kappa shape index (κ3) is 1.95. The molecule has 1 aliphatic rings. The van der Waals surface area contributed by atoms with Crippen LogP contribution in [0, 0.1) is 9.49 Å². The Balaban J connectivity index is 1.82. The molecule has 4 heteroatoms. The number of aryl methyl sites for hydroxylation is 1. The van der Waals surface area contributed by atoms with E-state index >= 15 is 0 Å². The molecule has 2 aromatic rings. The van der Waals surface area contributed by atoms with Gasteiger partial charge >= 0.3 is 0 Å². The second kappa shape index (κ2) is 4.31. The van der Waals surface area contributed by atoms with Crippen molar-refractivity contribution in [1.29, 1.82) is 0 Å². The number of benzene rings is 1. The Kier molecular flexibility index (Phi) is 2.83. The standard InChI is InChI=1S/C12H14IN3/c13-10-4-5-11-12(8-10)16(15-14-11)7-6-9-2-1-3-9/h4-5,8-9H,1-3,6-7H2. The average Bonchev–Trinajstić information content (AvgIpc) is 2.59. The van der Waals surface area contributed by atoms with E-state index in [0.717, 1.165) is 18.0 Å². The van der Waals surface area contributed by atoms with E-state index in [0.29, 0.717) is 0 Å². The monoisotopic (exact) mass is 327 g/mol. The highest BCUT2D eigenvalue weighted by atomic mass is 127. The molecule has 0 unspecified atom stereocenters. The normalized spacial score (nSPS) is 16.6. The minimum absolute atomic E-state index is 0.932. The lowest BCUT2D eigenvalue weighted by Gasteiger charge is -2.24. The number of hydrogen-bond donors (Lipinski definition) is 0. The Labute approximate surface area is 108 Å². The molecule has 3 rings (SSSR count). The van der Waals surface area contributed by atoms with E-state index in [4.69, 9.17) is 0 Å². The fourth-order valence-electron chi connectivity index (χ4n) is 2.19. The van der Waals surface area contributed by atoms with Crippen LogP contribution in [0.5, 0.6) is 0 Å². The summed E-state index contributed by atoms with van der Waals surface area (Å²) in [5.74, 6) is 0.932. The predicted molar refractivity (Wildman–Crippen MR) is 72.2 cm³/mol. The molecule has 0 aliphatic heterocycles. The summed E-state index contributed by atoms with van der Waals surface area (Å²) in [6, 6.07) is 6.29. The van der Waals surface area contributed by atoms with E-state index in [9.17, 15) is 0 Å². The molecule has 1 aromatic heterocycles. The van der Waals surface area contributed by atoms with Gasteiger partial charge in [-0.05, 0) is 53.1 Å². The van der Waals surface area contributed by atoms with Crippen LogP contribution in [-0.4, -0.2) is 15.0 Å². The van der Waals surface area contributed by atoms with Gasteiger partial charge in [0.2, 0.25) is 0 Å². The largest absolute Gasteiger partial charge is 0.245 e. The highest BCUT2D eigenvalue weighted by molar-refractivity contribution is 14.1. The predicted octanol–water partition coefficient (Wildman–Crippen LogP) is 3.23. The number of aromatic nitrogens is 3. The number of hydrogen-bond acceptors (Lipinski definition) is 2. The first-order valence-electron chi connectivity index (χ1n) is 5.82. The molecule has 1 fully saturated rings. The summed E-state index contributed by atoms with van der Waals surface area (Å²) in [6.07, 6.45) is 5.49. The molecule has 1 aromatic carbocycles. The number of fused-ring (bicyclic) bond motifs is 1. The van der Waals surface area contributed by atoms with Crippen molar-refractivity contribution in [1.82, 2.24) is 15.0 Å². The number of nitrogens with zero attached hydrogens (tertiary/aromatic N) is 3. The van der Waals surface area contributed by atoms with Gasteiger partial charge in [0.05, 0.1) is 5.52 Å². The van der Waals surface area contributed by atoms with Crippen LogP contribution in [0.15, 0.2) is 18.2 Å². The SMILES string of the molecule is Ic1ccc2nnn(CCC3CCC3)c2c1. The maximum atomic E-state index is 4.23. The van der Waals surface area contributed by atoms with Crippen molar-refractivity contribution in [3.63, 3.8) is 0 Å². The zero-order valence-corrected chi connectivity index (χ0v) is 11.2. The van der Waals surface area contributed by atoms with Crippen molar-refractivity contribution in [2.75, 3.05) is 0 Å². The van der Waals surface area contributed by atoms with E-state index < -0.39 is 0 Å². The fraction of sp³-hybridized carbons (Fsp3) is 0.500. The summed E-state index contributed by atoms with van der Waals surface area (Å²) >= 11 is 2.33. The van der Waals surface area contributed by atoms with Gasteiger partial charge in [0.15, 0.2) is 0 Å². The van der Waals surface area contributed by atoms with Crippen LogP contribution in [0.2, 0.25) is 0 Å². The Bertz CT molecular complexity index is 502. The maximum Gasteiger partial charge on any atom is 0.113 e. The zero-order chi connectivity index (χ0) is 11.0. The average molecular weight is 327 g/mol. The van der Waals surface area contributed by atoms with Crippen LogP contribution in [0.25, 0.3) is 11.0 Å². The maximum absolute atomic E-state index is 4.23. The Morgan fingerprint density at radius 3 is 3.00 bits per heavy atom. The minimum atomic E-state index is 0.932. The quantitative estimate of drug-likeness (QED) is 0.811. The molecule has 3 nitrogen and oxygen atoms in total. The summed E-state index contributed by atoms with van der Waals surface area (Å²) in [5, 5.41) is 8.42. The lowest BCUT2D eigenvalue weighted by Crippen LogP contribution is -2.14. The molecule has 16 heavy (non-hydrogen) atoms. The third-order valence-corrected chi connectivity index (χ3v) is 4.12. The van der Waals surface area contributed by atoms with Crippen LogP contribution in [0.3, 0.4) is 0 Å². The first-order valence-corrected chi connectivity index (χ1v) is 6.89. The van der Waals surface area contributed by atoms with Crippen molar-refractivity contribution in [2.24, 2.45) is 5.92 Å². The van der Waals surface area contributed by atoms with E-state index in [1.54, 1.807) is 0 Å². The molecule has 0 bridgehead atoms. The molecule has 1 heterocycles. The zero-order valence-electron chi connectivity index (χ0n) is 9.06. The van der Waals surface area contributed by atoms with E-state index in [1.165, 1.54) is 34.8 Å². The van der Waals surface area contributed by atoms with Crippen molar-refractivity contribution in [2.45, 2.75) is 32.2 Å². The number of halogens is 1. The molecule has 1 saturated carbocycles. The highest BCUT2D eigenvalue weighted by Gasteiger charge is 2.17. The third-order valence-electron chi connectivity index (χ3n) is 3.45. The fourth-order valence-corrected chi connectivity index (χ4v) is 2.66. The van der Waals surface area contributed by atoms with Crippen LogP contribution < -0.4 is 0 Å². The molecule has 0 saturated heterocycles. The van der Waals surface area contributed by atoms with E-state index in [1.807, 2.05) is 6.07 Å². The summed E-state index contributed by atoms with van der Waals surface area (Å²) in [4.78, 5) is 0. The topological polar surface area (TPSA) is 30.7 Å². The lowest BCUT2D eigenvalue weighted by atomic mass is 9.83. The summed E-state index contributed by atoms with van der Waals surface area (Å²) in [7, 11) is 0. The first-order chi connectivity index (χ1) is 7.83. The van der Waals surface area contributed by atoms with Gasteiger partial charge < -0.3 is 0 Å². The Morgan fingerprint density at radius 1 is 1.38 bits per heavy atom. The lowest BCUT2D eigenvalue weighted by molar-refractivity contribution is 0.278. The number of rotatable bonds is 3. The van der Waals surface area contributed by atoms with Crippen molar-refractivity contribution >= 4 is 33.6 Å². The van der Waals surface area contributed by atoms with Gasteiger partial charge in [0, 0.05) is 10.1 Å². The van der Waals surface area contributed by atoms with Gasteiger partial charge in [-0.3, -0.25) is 0 Å². The summed E-state index contributed by atoms with van der Waals surface area (Å²) in [5.41, 5.74) is 2.18. The minimum Gasteiger partial charge on any atom is -0.245 e. The van der Waals surface area contributed by atoms with Crippen molar-refractivity contribution in [3.8, 4) is 0 Å². The Morgan fingerprint density at radius 2 is 2.25 bits per heavy atom. The van der Waals surface area contributed by atoms with Gasteiger partial charge in [-0.1, -0.05) is 24.5 Å². The van der Waals surface area contributed by atoms with Gasteiger partial charge in [-0.2, -0.15) is 0 Å². The van der Waals surface area contributed by atoms with Gasteiger partial charge in [0.25, 0.3) is 0 Å². The molecular formula is C12H14IN3. The molecule has 0 amide bonds. The van der Waals surface area contributed by atoms with Crippen LogP contribution in [0.1, 0.15) is 25.7 Å². The summed E-state index contributed by atoms with van der Waals surface area (Å²) in [6.45, 7) is 1.02. The highest BCUT2D eigenvalue weighted by Crippen LogP contribution is 2.30. The molecule has 0 radical (unpaired) electrons. The second-order valence-corrected chi connectivity index (χ2v) is 5.78. The molecule has 1 aliphatic carbocycles. The van der Waals surface area contributed by atoms with Crippen LogP contribution in [0.4, 0.5) is 0 Å². The van der Waals surface area contributed by atoms with Crippen molar-refractivity contribution < 1.29 is 0 Å². The van der Waals surface area contributed by atoms with Gasteiger partial charge in [0.1, 0.15) is 5.52 Å². The smallest absolute Gasteiger partial charge is 0.113 e. The first kappa shape index (κ1) is 10.5. The van der Waals surface area contributed by atoms with E-state index in [2.05, 4.69) is 49.7 Å². The summed E-state index contributed by atoms with van der Waals surface area (Å²) < 4.78 is 3.30. The molecular weight excluding hydrogens is 313 g/mol. The van der Waals surface area contributed by atoms with Gasteiger partial charge in [-0.25, -0.2) is 4.68 Å². The molecule has 84 valence electrons. The second-order valence-electron chi connectivity index (χ2n) is 4.53. The van der Waals surface area contributed by atoms with E-state index in [-0.39, 0.29) is 0 Å². The van der Waals surface area contributed by atoms with Crippen molar-refractivity contribution in [3.05, 3.63) is 21.8 Å². The molecule has 0 N–H and O–H groups in total. The molecule has 0 spiro atoms. The Hall–Kier alpha value is -0.650. The van der Waals surface area contributed by atoms with Gasteiger partial charge in [-0.15, -0.1) is 5.10 Å².